The van der Waals surface area contributed by atoms with Gasteiger partial charge in [-0.15, -0.1) is 0 Å². The fourth-order valence-electron chi connectivity index (χ4n) is 2.61. The summed E-state index contributed by atoms with van der Waals surface area (Å²) in [7, 11) is 0. The molecule has 1 N–H and O–H groups in total. The average molecular weight is 223 g/mol. The van der Waals surface area contributed by atoms with Gasteiger partial charge >= 0.3 is 0 Å². The van der Waals surface area contributed by atoms with E-state index in [-0.39, 0.29) is 0 Å². The number of hydrogen-bond donors (Lipinski definition) is 1. The molecule has 1 aliphatic carbocycles. The maximum Gasteiger partial charge on any atom is -0.00172 e. The maximum atomic E-state index is 3.63. The molecule has 1 rings (SSSR count). The molecule has 1 nitrogen and oxygen atoms in total. The minimum Gasteiger partial charge on any atom is -0.316 e. The van der Waals surface area contributed by atoms with Crippen LogP contribution in [0.3, 0.4) is 0 Å². The highest BCUT2D eigenvalue weighted by Crippen LogP contribution is 2.27. The third-order valence-corrected chi connectivity index (χ3v) is 3.37. The lowest BCUT2D eigenvalue weighted by Gasteiger charge is -2.26. The van der Waals surface area contributed by atoms with Crippen molar-refractivity contribution in [2.75, 3.05) is 13.1 Å². The summed E-state index contributed by atoms with van der Waals surface area (Å²) in [5, 5.41) is 3.63. The largest absolute Gasteiger partial charge is 0.316 e. The molecule has 0 aromatic carbocycles. The molecule has 0 amide bonds. The maximum absolute atomic E-state index is 3.63. The lowest BCUT2D eigenvalue weighted by Crippen LogP contribution is -2.28. The molecular weight excluding hydrogens is 194 g/mol. The monoisotopic (exact) mass is 223 g/mol. The van der Waals surface area contributed by atoms with Gasteiger partial charge in [-0.2, -0.15) is 0 Å². The Bertz CT molecular complexity index is 234. The van der Waals surface area contributed by atoms with Gasteiger partial charge < -0.3 is 5.32 Å². The van der Waals surface area contributed by atoms with Gasteiger partial charge in [-0.3, -0.25) is 0 Å². The van der Waals surface area contributed by atoms with Crippen LogP contribution in [0.1, 0.15) is 53.9 Å². The molecule has 0 aromatic rings. The fourth-order valence-corrected chi connectivity index (χ4v) is 2.61. The van der Waals surface area contributed by atoms with Crippen LogP contribution in [0, 0.1) is 17.3 Å². The summed E-state index contributed by atoms with van der Waals surface area (Å²) in [6.07, 6.45) is 6.36. The first-order valence-electron chi connectivity index (χ1n) is 6.75. The van der Waals surface area contributed by atoms with E-state index in [0.29, 0.717) is 5.41 Å². The molecule has 0 aromatic heterocycles. The minimum atomic E-state index is 0.461. The molecule has 0 fully saturated rings. The Morgan fingerprint density at radius 2 is 2.06 bits per heavy atom. The molecule has 0 bridgehead atoms. The molecule has 1 heteroatoms. The van der Waals surface area contributed by atoms with Gasteiger partial charge in [0.15, 0.2) is 0 Å². The summed E-state index contributed by atoms with van der Waals surface area (Å²) in [5.41, 5.74) is 2.05. The average Bonchev–Trinajstić information content (AvgIpc) is 2.09. The van der Waals surface area contributed by atoms with Gasteiger partial charge in [0.2, 0.25) is 0 Å². The van der Waals surface area contributed by atoms with E-state index in [0.717, 1.165) is 18.4 Å². The van der Waals surface area contributed by atoms with Crippen LogP contribution < -0.4 is 5.32 Å². The van der Waals surface area contributed by atoms with Gasteiger partial charge in [0.25, 0.3) is 0 Å². The molecule has 94 valence electrons. The summed E-state index contributed by atoms with van der Waals surface area (Å²) in [6, 6.07) is 0. The second-order valence-electron chi connectivity index (χ2n) is 6.81. The molecule has 0 spiro atoms. The lowest BCUT2D eigenvalue weighted by atomic mass is 9.83. The SMILES string of the molecule is CC1=CC(C)CC(CNCCC(C)(C)C)C1. The predicted molar refractivity (Wildman–Crippen MR) is 72.6 cm³/mol. The van der Waals surface area contributed by atoms with Crippen molar-refractivity contribution in [3.05, 3.63) is 11.6 Å². The first-order chi connectivity index (χ1) is 7.37. The Kier molecular flexibility index (Phi) is 5.04. The predicted octanol–water partition coefficient (Wildman–Crippen LogP) is 4.00. The van der Waals surface area contributed by atoms with E-state index in [1.54, 1.807) is 5.57 Å². The Balaban J connectivity index is 2.17. The Hall–Kier alpha value is -0.300. The molecule has 16 heavy (non-hydrogen) atoms. The van der Waals surface area contributed by atoms with Crippen LogP contribution in [0.25, 0.3) is 0 Å². The second-order valence-corrected chi connectivity index (χ2v) is 6.81. The molecule has 0 saturated carbocycles. The lowest BCUT2D eigenvalue weighted by molar-refractivity contribution is 0.339. The summed E-state index contributed by atoms with van der Waals surface area (Å²) >= 11 is 0. The number of rotatable bonds is 4. The highest BCUT2D eigenvalue weighted by atomic mass is 14.9. The van der Waals surface area contributed by atoms with Crippen LogP contribution >= 0.6 is 0 Å². The van der Waals surface area contributed by atoms with Crippen LogP contribution in [0.5, 0.6) is 0 Å². The Morgan fingerprint density at radius 3 is 2.62 bits per heavy atom. The first-order valence-corrected chi connectivity index (χ1v) is 6.75. The van der Waals surface area contributed by atoms with Crippen molar-refractivity contribution >= 4 is 0 Å². The van der Waals surface area contributed by atoms with Gasteiger partial charge in [-0.25, -0.2) is 0 Å². The van der Waals surface area contributed by atoms with E-state index in [1.165, 1.54) is 25.8 Å². The van der Waals surface area contributed by atoms with Gasteiger partial charge in [0.05, 0.1) is 0 Å². The van der Waals surface area contributed by atoms with Crippen molar-refractivity contribution < 1.29 is 0 Å². The molecular formula is C15H29N. The third kappa shape index (κ3) is 5.69. The van der Waals surface area contributed by atoms with Crippen LogP contribution in [0.4, 0.5) is 0 Å². The van der Waals surface area contributed by atoms with Crippen molar-refractivity contribution in [1.29, 1.82) is 0 Å². The molecule has 2 unspecified atom stereocenters. The summed E-state index contributed by atoms with van der Waals surface area (Å²) in [6.45, 7) is 13.9. The van der Waals surface area contributed by atoms with Gasteiger partial charge in [-0.1, -0.05) is 39.3 Å². The first kappa shape index (κ1) is 13.8. The zero-order valence-electron chi connectivity index (χ0n) is 11.8. The van der Waals surface area contributed by atoms with E-state index >= 15 is 0 Å². The quantitative estimate of drug-likeness (QED) is 0.561. The van der Waals surface area contributed by atoms with Gasteiger partial charge in [0, 0.05) is 0 Å². The van der Waals surface area contributed by atoms with Crippen LogP contribution in [0.15, 0.2) is 11.6 Å². The highest BCUT2D eigenvalue weighted by molar-refractivity contribution is 5.06. The van der Waals surface area contributed by atoms with Crippen molar-refractivity contribution in [3.8, 4) is 0 Å². The van der Waals surface area contributed by atoms with Crippen molar-refractivity contribution in [3.63, 3.8) is 0 Å². The topological polar surface area (TPSA) is 12.0 Å². The standard InChI is InChI=1S/C15H29N/c1-12-8-13(2)10-14(9-12)11-16-7-6-15(3,4)5/h8,12,14,16H,6-7,9-11H2,1-5H3. The van der Waals surface area contributed by atoms with Crippen molar-refractivity contribution in [2.24, 2.45) is 17.3 Å². The Labute approximate surface area is 102 Å². The number of nitrogens with one attached hydrogen (secondary N) is 1. The van der Waals surface area contributed by atoms with Crippen LogP contribution in [0.2, 0.25) is 0 Å². The van der Waals surface area contributed by atoms with Crippen LogP contribution in [-0.4, -0.2) is 13.1 Å². The zero-order valence-corrected chi connectivity index (χ0v) is 11.8. The van der Waals surface area contributed by atoms with Gasteiger partial charge in [-0.05, 0) is 56.5 Å². The van der Waals surface area contributed by atoms with Gasteiger partial charge in [0.1, 0.15) is 0 Å². The molecule has 0 saturated heterocycles. The number of allylic oxidation sites excluding steroid dienone is 2. The number of hydrogen-bond acceptors (Lipinski definition) is 1. The van der Waals surface area contributed by atoms with E-state index in [1.807, 2.05) is 0 Å². The normalized spacial score (nSPS) is 26.7. The van der Waals surface area contributed by atoms with E-state index in [4.69, 9.17) is 0 Å². The molecule has 0 radical (unpaired) electrons. The van der Waals surface area contributed by atoms with E-state index in [2.05, 4.69) is 46.0 Å². The fraction of sp³-hybridized carbons (Fsp3) is 0.867. The van der Waals surface area contributed by atoms with Crippen molar-refractivity contribution in [1.82, 2.24) is 5.32 Å². The smallest absolute Gasteiger partial charge is 0.00172 e. The summed E-state index contributed by atoms with van der Waals surface area (Å²) in [4.78, 5) is 0. The molecule has 0 heterocycles. The molecule has 0 aliphatic heterocycles. The second kappa shape index (κ2) is 5.86. The Morgan fingerprint density at radius 1 is 1.38 bits per heavy atom. The summed E-state index contributed by atoms with van der Waals surface area (Å²) < 4.78 is 0. The van der Waals surface area contributed by atoms with Crippen molar-refractivity contribution in [2.45, 2.75) is 53.9 Å². The van der Waals surface area contributed by atoms with Crippen LogP contribution in [-0.2, 0) is 0 Å². The zero-order chi connectivity index (χ0) is 12.2. The van der Waals surface area contributed by atoms with E-state index in [9.17, 15) is 0 Å². The van der Waals surface area contributed by atoms with E-state index < -0.39 is 0 Å². The highest BCUT2D eigenvalue weighted by Gasteiger charge is 2.17. The minimum absolute atomic E-state index is 0.461. The summed E-state index contributed by atoms with van der Waals surface area (Å²) in [5.74, 6) is 1.64. The molecule has 2 atom stereocenters. The molecule has 1 aliphatic rings. The third-order valence-electron chi connectivity index (χ3n) is 3.37.